The molecule has 0 atom stereocenters. The number of pyridine rings is 1. The lowest BCUT2D eigenvalue weighted by Gasteiger charge is -2.23. The summed E-state index contributed by atoms with van der Waals surface area (Å²) in [5.41, 5.74) is 5.68. The average molecular weight is 419 g/mol. The van der Waals surface area contributed by atoms with Crippen molar-refractivity contribution in [3.8, 4) is 0 Å². The topological polar surface area (TPSA) is 46.3 Å². The summed E-state index contributed by atoms with van der Waals surface area (Å²) in [6, 6.07) is 17.5. The van der Waals surface area contributed by atoms with Crippen LogP contribution in [0.1, 0.15) is 38.4 Å². The largest absolute Gasteiger partial charge is 0.467 e. The highest BCUT2D eigenvalue weighted by atomic mass is 35.5. The van der Waals surface area contributed by atoms with E-state index >= 15 is 0 Å². The third-order valence-electron chi connectivity index (χ3n) is 5.15. The van der Waals surface area contributed by atoms with Gasteiger partial charge in [-0.25, -0.2) is 4.98 Å². The number of aromatic nitrogens is 1. The molecule has 4 rings (SSSR count). The number of hydrogen-bond donors (Lipinski definition) is 0. The van der Waals surface area contributed by atoms with Crippen LogP contribution in [0.4, 0.5) is 0 Å². The Bertz CT molecular complexity index is 1200. The first kappa shape index (κ1) is 20.2. The zero-order chi connectivity index (χ0) is 21.3. The molecule has 2 aromatic heterocycles. The Morgan fingerprint density at radius 1 is 1.00 bits per heavy atom. The fraction of sp³-hybridized carbons (Fsp3) is 0.200. The van der Waals surface area contributed by atoms with Crippen LogP contribution >= 0.6 is 11.6 Å². The molecule has 0 bridgehead atoms. The maximum absolute atomic E-state index is 13.3. The van der Waals surface area contributed by atoms with Gasteiger partial charge in [-0.1, -0.05) is 40.9 Å². The van der Waals surface area contributed by atoms with Gasteiger partial charge in [-0.2, -0.15) is 0 Å². The van der Waals surface area contributed by atoms with Crippen molar-refractivity contribution < 1.29 is 9.21 Å². The molecule has 0 radical (unpaired) electrons. The maximum Gasteiger partial charge on any atom is 0.254 e. The molecule has 0 fully saturated rings. The predicted octanol–water partition coefficient (Wildman–Crippen LogP) is 6.25. The van der Waals surface area contributed by atoms with E-state index in [1.54, 1.807) is 11.2 Å². The number of hydrogen-bond acceptors (Lipinski definition) is 3. The van der Waals surface area contributed by atoms with Gasteiger partial charge in [0, 0.05) is 23.1 Å². The molecule has 1 amide bonds. The first-order chi connectivity index (χ1) is 14.4. The Kier molecular flexibility index (Phi) is 5.60. The normalized spacial score (nSPS) is 11.1. The van der Waals surface area contributed by atoms with Gasteiger partial charge in [0.2, 0.25) is 0 Å². The Labute approximate surface area is 181 Å². The van der Waals surface area contributed by atoms with Gasteiger partial charge in [-0.05, 0) is 62.7 Å². The molecule has 152 valence electrons. The van der Waals surface area contributed by atoms with Gasteiger partial charge in [0.05, 0.1) is 18.3 Å². The molecule has 0 N–H and O–H groups in total. The summed E-state index contributed by atoms with van der Waals surface area (Å²) in [5.74, 6) is 0.634. The summed E-state index contributed by atoms with van der Waals surface area (Å²) in [4.78, 5) is 19.6. The van der Waals surface area contributed by atoms with Crippen LogP contribution in [0.5, 0.6) is 0 Å². The van der Waals surface area contributed by atoms with Crippen LogP contribution in [-0.4, -0.2) is 15.8 Å². The van der Waals surface area contributed by atoms with Crippen LogP contribution in [-0.2, 0) is 13.1 Å². The van der Waals surface area contributed by atoms with Crippen molar-refractivity contribution >= 4 is 28.4 Å². The number of benzene rings is 2. The number of furan rings is 1. The van der Waals surface area contributed by atoms with Crippen LogP contribution in [0.25, 0.3) is 10.9 Å². The van der Waals surface area contributed by atoms with Gasteiger partial charge >= 0.3 is 0 Å². The van der Waals surface area contributed by atoms with Crippen LogP contribution < -0.4 is 0 Å². The molecule has 5 heteroatoms. The average Bonchev–Trinajstić information content (AvgIpc) is 3.22. The summed E-state index contributed by atoms with van der Waals surface area (Å²) in [7, 11) is 0. The molecule has 0 aliphatic heterocycles. The highest BCUT2D eigenvalue weighted by molar-refractivity contribution is 6.30. The number of amides is 1. The van der Waals surface area contributed by atoms with Crippen LogP contribution in [0.3, 0.4) is 0 Å². The molecule has 0 spiro atoms. The summed E-state index contributed by atoms with van der Waals surface area (Å²) in [6.45, 7) is 6.77. The van der Waals surface area contributed by atoms with Gasteiger partial charge in [-0.15, -0.1) is 0 Å². The lowest BCUT2D eigenvalue weighted by atomic mass is 10.0. The highest BCUT2D eigenvalue weighted by Gasteiger charge is 2.20. The Morgan fingerprint density at radius 3 is 2.47 bits per heavy atom. The summed E-state index contributed by atoms with van der Waals surface area (Å²) >= 11 is 6.54. The second kappa shape index (κ2) is 8.33. The van der Waals surface area contributed by atoms with Crippen molar-refractivity contribution in [3.63, 3.8) is 0 Å². The minimum atomic E-state index is -0.0806. The molecular formula is C25H23ClN2O2. The third-order valence-corrected chi connectivity index (χ3v) is 5.48. The van der Waals surface area contributed by atoms with Gasteiger partial charge in [-0.3, -0.25) is 4.79 Å². The minimum absolute atomic E-state index is 0.0806. The number of fused-ring (bicyclic) bond motifs is 1. The summed E-state index contributed by atoms with van der Waals surface area (Å²) in [5, 5.41) is 1.43. The van der Waals surface area contributed by atoms with Crippen molar-refractivity contribution in [2.24, 2.45) is 0 Å². The van der Waals surface area contributed by atoms with Gasteiger partial charge in [0.15, 0.2) is 0 Å². The molecule has 2 aromatic carbocycles. The zero-order valence-corrected chi connectivity index (χ0v) is 18.0. The number of halogens is 1. The van der Waals surface area contributed by atoms with E-state index in [1.807, 2.05) is 56.3 Å². The molecule has 0 aliphatic carbocycles. The van der Waals surface area contributed by atoms with Gasteiger partial charge in [0.1, 0.15) is 10.9 Å². The van der Waals surface area contributed by atoms with E-state index in [9.17, 15) is 4.79 Å². The Balaban J connectivity index is 1.71. The minimum Gasteiger partial charge on any atom is -0.467 e. The molecular weight excluding hydrogens is 396 g/mol. The number of carbonyl (C=O) groups is 1. The monoisotopic (exact) mass is 418 g/mol. The van der Waals surface area contributed by atoms with Crippen molar-refractivity contribution in [1.29, 1.82) is 0 Å². The maximum atomic E-state index is 13.3. The van der Waals surface area contributed by atoms with E-state index in [0.29, 0.717) is 29.6 Å². The number of carbonyl (C=O) groups excluding carboxylic acids is 1. The fourth-order valence-corrected chi connectivity index (χ4v) is 3.86. The highest BCUT2D eigenvalue weighted by Crippen LogP contribution is 2.26. The molecule has 2 heterocycles. The fourth-order valence-electron chi connectivity index (χ4n) is 3.66. The first-order valence-electron chi connectivity index (χ1n) is 9.85. The molecule has 30 heavy (non-hydrogen) atoms. The Hall–Kier alpha value is -3.11. The summed E-state index contributed by atoms with van der Waals surface area (Å²) < 4.78 is 5.50. The van der Waals surface area contributed by atoms with Crippen LogP contribution in [0, 0.1) is 20.8 Å². The zero-order valence-electron chi connectivity index (χ0n) is 17.3. The van der Waals surface area contributed by atoms with Crippen LogP contribution in [0.2, 0.25) is 5.15 Å². The van der Waals surface area contributed by atoms with Crippen molar-refractivity contribution in [2.75, 3.05) is 0 Å². The molecule has 0 saturated heterocycles. The third kappa shape index (κ3) is 4.24. The lowest BCUT2D eigenvalue weighted by molar-refractivity contribution is 0.0717. The smallest absolute Gasteiger partial charge is 0.254 e. The van der Waals surface area contributed by atoms with Crippen molar-refractivity contribution in [2.45, 2.75) is 33.9 Å². The van der Waals surface area contributed by atoms with E-state index in [4.69, 9.17) is 16.0 Å². The van der Waals surface area contributed by atoms with Gasteiger partial charge < -0.3 is 9.32 Å². The number of aryl methyl sites for hydroxylation is 3. The quantitative estimate of drug-likeness (QED) is 0.360. The Morgan fingerprint density at radius 2 is 1.77 bits per heavy atom. The number of rotatable bonds is 5. The molecule has 4 nitrogen and oxygen atoms in total. The van der Waals surface area contributed by atoms with Crippen molar-refractivity contribution in [1.82, 2.24) is 9.88 Å². The molecule has 0 saturated carbocycles. The van der Waals surface area contributed by atoms with E-state index in [1.165, 1.54) is 5.56 Å². The van der Waals surface area contributed by atoms with Gasteiger partial charge in [0.25, 0.3) is 5.91 Å². The predicted molar refractivity (Wildman–Crippen MR) is 120 cm³/mol. The first-order valence-corrected chi connectivity index (χ1v) is 10.2. The summed E-state index contributed by atoms with van der Waals surface area (Å²) in [6.07, 6.45) is 1.61. The second-order valence-corrected chi connectivity index (χ2v) is 8.06. The lowest BCUT2D eigenvalue weighted by Crippen LogP contribution is -2.30. The second-order valence-electron chi connectivity index (χ2n) is 7.70. The molecule has 0 aliphatic rings. The standard InChI is InChI=1S/C25H23ClN2O2/c1-16-6-8-19(9-7-16)25(29)28(15-22-5-4-10-30-22)14-21-13-20-12-17(2)11-18(3)23(20)27-24(21)26/h4-13H,14-15H2,1-3H3. The van der Waals surface area contributed by atoms with E-state index in [-0.39, 0.29) is 5.91 Å². The van der Waals surface area contributed by atoms with E-state index < -0.39 is 0 Å². The molecule has 4 aromatic rings. The SMILES string of the molecule is Cc1ccc(C(=O)N(Cc2ccco2)Cc2cc3cc(C)cc(C)c3nc2Cl)cc1. The van der Waals surface area contributed by atoms with Crippen LogP contribution in [0.15, 0.2) is 65.3 Å². The number of nitrogens with zero attached hydrogens (tertiary/aromatic N) is 2. The van der Waals surface area contributed by atoms with E-state index in [2.05, 4.69) is 24.0 Å². The van der Waals surface area contributed by atoms with E-state index in [0.717, 1.165) is 27.6 Å². The molecule has 0 unspecified atom stereocenters. The van der Waals surface area contributed by atoms with Crippen molar-refractivity contribution in [3.05, 3.63) is 99.6 Å².